The number of carbonyl (C=O) groups excluding carboxylic acids is 1. The van der Waals surface area contributed by atoms with Gasteiger partial charge in [-0.15, -0.1) is 0 Å². The fraction of sp³-hybridized carbons (Fsp3) is 0.250. The first-order valence-corrected chi connectivity index (χ1v) is 5.32. The van der Waals surface area contributed by atoms with Gasteiger partial charge in [0.1, 0.15) is 0 Å². The second kappa shape index (κ2) is 6.51. The quantitative estimate of drug-likeness (QED) is 0.483. The van der Waals surface area contributed by atoms with Crippen LogP contribution in [-0.4, -0.2) is 28.7 Å². The molecule has 18 heavy (non-hydrogen) atoms. The van der Waals surface area contributed by atoms with E-state index in [2.05, 4.69) is 4.74 Å². The number of benzene rings is 1. The van der Waals surface area contributed by atoms with Crippen LogP contribution in [0.15, 0.2) is 36.0 Å². The van der Waals surface area contributed by atoms with E-state index in [1.165, 1.54) is 0 Å². The molecular weight excluding hydrogens is 238 g/mol. The summed E-state index contributed by atoms with van der Waals surface area (Å²) in [5.74, 6) is -1.03. The first-order valence-electron chi connectivity index (χ1n) is 5.32. The number of esters is 1. The Morgan fingerprint density at radius 3 is 2.61 bits per heavy atom. The van der Waals surface area contributed by atoms with E-state index >= 15 is 0 Å². The first-order chi connectivity index (χ1) is 8.56. The van der Waals surface area contributed by atoms with Crippen LogP contribution in [0.2, 0.25) is 0 Å². The van der Waals surface area contributed by atoms with Gasteiger partial charge in [0.25, 0.3) is 5.70 Å². The summed E-state index contributed by atoms with van der Waals surface area (Å²) in [4.78, 5) is 21.3. The van der Waals surface area contributed by atoms with Gasteiger partial charge < -0.3 is 9.84 Å². The van der Waals surface area contributed by atoms with Gasteiger partial charge in [0, 0.05) is 6.08 Å². The Hall–Kier alpha value is -2.21. The SMILES string of the molecule is CCOC(=O)C(O)/C(=C\c1ccccc1)[N+](=O)[O-]. The topological polar surface area (TPSA) is 89.7 Å². The number of aliphatic hydroxyl groups is 1. The summed E-state index contributed by atoms with van der Waals surface area (Å²) in [7, 11) is 0. The Bertz CT molecular complexity index is 455. The highest BCUT2D eigenvalue weighted by atomic mass is 16.6. The lowest BCUT2D eigenvalue weighted by molar-refractivity contribution is -0.432. The number of hydrogen-bond donors (Lipinski definition) is 1. The van der Waals surface area contributed by atoms with Crippen LogP contribution in [0.5, 0.6) is 0 Å². The van der Waals surface area contributed by atoms with Crippen molar-refractivity contribution in [2.45, 2.75) is 13.0 Å². The zero-order valence-electron chi connectivity index (χ0n) is 9.78. The predicted molar refractivity (Wildman–Crippen MR) is 64.1 cm³/mol. The minimum absolute atomic E-state index is 0.0478. The molecule has 0 aliphatic carbocycles. The highest BCUT2D eigenvalue weighted by molar-refractivity contribution is 5.79. The zero-order valence-corrected chi connectivity index (χ0v) is 9.78. The maximum Gasteiger partial charge on any atom is 0.346 e. The van der Waals surface area contributed by atoms with E-state index in [1.54, 1.807) is 37.3 Å². The third-order valence-electron chi connectivity index (χ3n) is 2.11. The standard InChI is InChI=1S/C12H13NO5/c1-2-18-12(15)11(14)10(13(16)17)8-9-6-4-3-5-7-9/h3-8,11,14H,2H2,1H3/b10-8+. The normalized spacial score (nSPS) is 12.9. The summed E-state index contributed by atoms with van der Waals surface area (Å²) in [5.41, 5.74) is -0.0906. The van der Waals surface area contributed by atoms with Gasteiger partial charge in [0.2, 0.25) is 6.10 Å². The van der Waals surface area contributed by atoms with E-state index in [9.17, 15) is 20.0 Å². The van der Waals surface area contributed by atoms with Crippen molar-refractivity contribution >= 4 is 12.0 Å². The van der Waals surface area contributed by atoms with E-state index in [1.807, 2.05) is 0 Å². The Kier molecular flexibility index (Phi) is 5.01. The molecule has 0 spiro atoms. The lowest BCUT2D eigenvalue weighted by atomic mass is 10.1. The number of hydrogen-bond acceptors (Lipinski definition) is 5. The summed E-state index contributed by atoms with van der Waals surface area (Å²) in [5, 5.41) is 20.4. The van der Waals surface area contributed by atoms with E-state index in [0.29, 0.717) is 5.56 Å². The van der Waals surface area contributed by atoms with Gasteiger partial charge in [0.15, 0.2) is 0 Å². The minimum atomic E-state index is -1.89. The molecular formula is C12H13NO5. The monoisotopic (exact) mass is 251 g/mol. The molecule has 0 aliphatic rings. The van der Waals surface area contributed by atoms with Gasteiger partial charge in [-0.2, -0.15) is 0 Å². The molecule has 0 radical (unpaired) electrons. The molecule has 1 rings (SSSR count). The molecule has 0 heterocycles. The fourth-order valence-corrected chi connectivity index (χ4v) is 1.29. The van der Waals surface area contributed by atoms with Crippen LogP contribution in [0.1, 0.15) is 12.5 Å². The van der Waals surface area contributed by atoms with E-state index in [0.717, 1.165) is 6.08 Å². The zero-order chi connectivity index (χ0) is 13.5. The molecule has 6 nitrogen and oxygen atoms in total. The van der Waals surface area contributed by atoms with Crippen molar-refractivity contribution in [3.63, 3.8) is 0 Å². The number of carbonyl (C=O) groups is 1. The Labute approximate surface area is 104 Å². The van der Waals surface area contributed by atoms with Gasteiger partial charge in [-0.1, -0.05) is 30.3 Å². The van der Waals surface area contributed by atoms with E-state index < -0.39 is 22.7 Å². The lowest BCUT2D eigenvalue weighted by Crippen LogP contribution is -2.28. The molecule has 0 bridgehead atoms. The molecule has 1 atom stereocenters. The molecule has 6 heteroatoms. The molecule has 1 aromatic carbocycles. The molecule has 0 aliphatic heterocycles. The van der Waals surface area contributed by atoms with Crippen LogP contribution < -0.4 is 0 Å². The summed E-state index contributed by atoms with van der Waals surface area (Å²) in [6, 6.07) is 8.40. The Balaban J connectivity index is 3.00. The van der Waals surface area contributed by atoms with Gasteiger partial charge in [-0.25, -0.2) is 4.79 Å². The van der Waals surface area contributed by atoms with Crippen LogP contribution in [0.25, 0.3) is 6.08 Å². The summed E-state index contributed by atoms with van der Waals surface area (Å²) in [6.07, 6.45) is -0.748. The molecule has 0 aromatic heterocycles. The van der Waals surface area contributed by atoms with Gasteiger partial charge in [0.05, 0.1) is 11.5 Å². The largest absolute Gasteiger partial charge is 0.464 e. The second-order valence-corrected chi connectivity index (χ2v) is 3.39. The first kappa shape index (κ1) is 13.9. The number of ether oxygens (including phenoxy) is 1. The van der Waals surface area contributed by atoms with Crippen molar-refractivity contribution in [3.8, 4) is 0 Å². The van der Waals surface area contributed by atoms with Crippen LogP contribution >= 0.6 is 0 Å². The molecule has 0 saturated heterocycles. The summed E-state index contributed by atoms with van der Waals surface area (Å²) < 4.78 is 4.54. The third-order valence-corrected chi connectivity index (χ3v) is 2.11. The van der Waals surface area contributed by atoms with Crippen molar-refractivity contribution in [1.29, 1.82) is 0 Å². The second-order valence-electron chi connectivity index (χ2n) is 3.39. The highest BCUT2D eigenvalue weighted by Crippen LogP contribution is 2.12. The summed E-state index contributed by atoms with van der Waals surface area (Å²) in [6.45, 7) is 1.60. The van der Waals surface area contributed by atoms with Crippen molar-refractivity contribution in [2.75, 3.05) is 6.61 Å². The molecule has 1 unspecified atom stereocenters. The number of nitro groups is 1. The van der Waals surface area contributed by atoms with Crippen LogP contribution in [0.4, 0.5) is 0 Å². The Morgan fingerprint density at radius 1 is 1.50 bits per heavy atom. The molecule has 1 aromatic rings. The average molecular weight is 251 g/mol. The minimum Gasteiger partial charge on any atom is -0.464 e. The maximum absolute atomic E-state index is 11.3. The van der Waals surface area contributed by atoms with Crippen molar-refractivity contribution in [1.82, 2.24) is 0 Å². The number of nitrogens with zero attached hydrogens (tertiary/aromatic N) is 1. The van der Waals surface area contributed by atoms with E-state index in [-0.39, 0.29) is 6.61 Å². The van der Waals surface area contributed by atoms with Gasteiger partial charge in [-0.3, -0.25) is 10.1 Å². The number of rotatable bonds is 5. The number of aliphatic hydroxyl groups excluding tert-OH is 1. The molecule has 1 N–H and O–H groups in total. The lowest BCUT2D eigenvalue weighted by Gasteiger charge is -2.07. The predicted octanol–water partition coefficient (Wildman–Crippen LogP) is 1.23. The van der Waals surface area contributed by atoms with Crippen LogP contribution in [-0.2, 0) is 9.53 Å². The Morgan fingerprint density at radius 2 is 2.11 bits per heavy atom. The average Bonchev–Trinajstić information content (AvgIpc) is 2.36. The summed E-state index contributed by atoms with van der Waals surface area (Å²) >= 11 is 0. The van der Waals surface area contributed by atoms with E-state index in [4.69, 9.17) is 0 Å². The molecule has 96 valence electrons. The highest BCUT2D eigenvalue weighted by Gasteiger charge is 2.30. The molecule has 0 saturated carbocycles. The molecule has 0 amide bonds. The van der Waals surface area contributed by atoms with Crippen LogP contribution in [0, 0.1) is 10.1 Å². The van der Waals surface area contributed by atoms with Crippen molar-refractivity contribution < 1.29 is 19.6 Å². The van der Waals surface area contributed by atoms with Crippen molar-refractivity contribution in [3.05, 3.63) is 51.7 Å². The maximum atomic E-state index is 11.3. The third kappa shape index (κ3) is 3.67. The smallest absolute Gasteiger partial charge is 0.346 e. The fourth-order valence-electron chi connectivity index (χ4n) is 1.29. The van der Waals surface area contributed by atoms with Gasteiger partial charge in [-0.05, 0) is 12.5 Å². The molecule has 0 fully saturated rings. The van der Waals surface area contributed by atoms with Gasteiger partial charge >= 0.3 is 5.97 Å². The van der Waals surface area contributed by atoms with Crippen molar-refractivity contribution in [2.24, 2.45) is 0 Å². The van der Waals surface area contributed by atoms with Crippen LogP contribution in [0.3, 0.4) is 0 Å².